The molecule has 0 unspecified atom stereocenters. The van der Waals surface area contributed by atoms with Crippen molar-refractivity contribution in [1.82, 2.24) is 24.3 Å². The molecule has 7 nitrogen and oxygen atoms in total. The Morgan fingerprint density at radius 3 is 2.77 bits per heavy atom. The summed E-state index contributed by atoms with van der Waals surface area (Å²) in [5.74, 6) is 0.249. The third-order valence-corrected chi connectivity index (χ3v) is 5.71. The number of pyridine rings is 1. The average Bonchev–Trinajstić information content (AvgIpc) is 3.35. The minimum Gasteiger partial charge on any atom is -0.398 e. The Kier molecular flexibility index (Phi) is 5.00. The number of rotatable bonds is 5. The summed E-state index contributed by atoms with van der Waals surface area (Å²) in [6, 6.07) is 1.83. The summed E-state index contributed by atoms with van der Waals surface area (Å²) in [7, 11) is 6.31. The number of anilines is 1. The van der Waals surface area contributed by atoms with Gasteiger partial charge in [-0.25, -0.2) is 14.4 Å². The van der Waals surface area contributed by atoms with E-state index in [-0.39, 0.29) is 11.1 Å². The Bertz CT molecular complexity index is 1230. The van der Waals surface area contributed by atoms with Gasteiger partial charge in [0.05, 0.1) is 6.10 Å². The van der Waals surface area contributed by atoms with E-state index in [0.717, 1.165) is 47.8 Å². The third-order valence-electron chi connectivity index (χ3n) is 5.71. The van der Waals surface area contributed by atoms with Crippen LogP contribution in [0.15, 0.2) is 37.1 Å². The molecule has 2 N–H and O–H groups in total. The summed E-state index contributed by atoms with van der Waals surface area (Å²) in [6.45, 7) is 0. The van der Waals surface area contributed by atoms with Gasteiger partial charge in [-0.1, -0.05) is 0 Å². The number of H-pyrrole nitrogens is 1. The van der Waals surface area contributed by atoms with Gasteiger partial charge in [0.1, 0.15) is 29.2 Å². The van der Waals surface area contributed by atoms with Crippen LogP contribution >= 0.6 is 0 Å². The van der Waals surface area contributed by atoms with Crippen LogP contribution < -0.4 is 5.32 Å². The van der Waals surface area contributed by atoms with Crippen LogP contribution in [0, 0.1) is 5.82 Å². The van der Waals surface area contributed by atoms with E-state index in [1.54, 1.807) is 23.0 Å². The summed E-state index contributed by atoms with van der Waals surface area (Å²) in [5, 5.41) is 4.22. The molecule has 1 saturated carbocycles. The fourth-order valence-electron chi connectivity index (χ4n) is 4.36. The molecule has 1 aliphatic rings. The highest BCUT2D eigenvalue weighted by Gasteiger charge is 2.25. The van der Waals surface area contributed by atoms with Gasteiger partial charge in [0.2, 0.25) is 5.95 Å². The first kappa shape index (κ1) is 20.1. The van der Waals surface area contributed by atoms with Gasteiger partial charge in [0.25, 0.3) is 0 Å². The Morgan fingerprint density at radius 1 is 1.19 bits per heavy atom. The van der Waals surface area contributed by atoms with E-state index in [2.05, 4.69) is 48.8 Å². The van der Waals surface area contributed by atoms with Gasteiger partial charge in [-0.2, -0.15) is 4.98 Å². The Balaban J connectivity index is 1.32. The average molecular weight is 416 g/mol. The first-order chi connectivity index (χ1) is 14.9. The van der Waals surface area contributed by atoms with Crippen molar-refractivity contribution in [3.63, 3.8) is 0 Å². The topological polar surface area (TPSA) is 80.1 Å². The molecule has 31 heavy (non-hydrogen) atoms. The van der Waals surface area contributed by atoms with Gasteiger partial charge in [-0.05, 0) is 37.0 Å². The second-order valence-corrected chi connectivity index (χ2v) is 9.24. The normalized spacial score (nSPS) is 19.8. The van der Waals surface area contributed by atoms with Gasteiger partial charge in [0.15, 0.2) is 11.5 Å². The fraction of sp³-hybridized carbons (Fsp3) is 0.350. The number of imidazole rings is 1. The lowest BCUT2D eigenvalue weighted by atomic mass is 9.52. The van der Waals surface area contributed by atoms with Crippen molar-refractivity contribution < 1.29 is 9.13 Å². The van der Waals surface area contributed by atoms with E-state index >= 15 is 0 Å². The predicted octanol–water partition coefficient (Wildman–Crippen LogP) is 0.662. The molecule has 0 radical (unpaired) electrons. The van der Waals surface area contributed by atoms with E-state index in [4.69, 9.17) is 4.74 Å². The number of nitrogens with zero attached hydrogens (tertiary/aromatic N) is 4. The largest absolute Gasteiger partial charge is 0.398 e. The van der Waals surface area contributed by atoms with Gasteiger partial charge >= 0.3 is 0 Å². The van der Waals surface area contributed by atoms with E-state index < -0.39 is 0 Å². The highest BCUT2D eigenvalue weighted by molar-refractivity contribution is 6.58. The molecule has 0 atom stereocenters. The third kappa shape index (κ3) is 4.19. The van der Waals surface area contributed by atoms with Crippen LogP contribution in [0.1, 0.15) is 25.7 Å². The summed E-state index contributed by atoms with van der Waals surface area (Å²) in [4.78, 5) is 16.4. The molecule has 11 heteroatoms. The number of hydrogen-bond acceptors (Lipinski definition) is 5. The lowest BCUT2D eigenvalue weighted by Crippen LogP contribution is -2.41. The van der Waals surface area contributed by atoms with Crippen LogP contribution in [0.5, 0.6) is 0 Å². The highest BCUT2D eigenvalue weighted by atomic mass is 19.1. The van der Waals surface area contributed by atoms with Crippen molar-refractivity contribution in [2.24, 2.45) is 0 Å². The number of hydrogen-bond donors (Lipinski definition) is 2. The number of fused-ring (bicyclic) bond motifs is 2. The molecule has 156 valence electrons. The van der Waals surface area contributed by atoms with Crippen molar-refractivity contribution >= 4 is 46.2 Å². The molecule has 1 aliphatic carbocycles. The van der Waals surface area contributed by atoms with Crippen LogP contribution in [-0.4, -0.2) is 65.3 Å². The van der Waals surface area contributed by atoms with E-state index in [9.17, 15) is 4.39 Å². The maximum Gasteiger partial charge on any atom is 0.224 e. The quantitative estimate of drug-likeness (QED) is 0.468. The number of aromatic nitrogens is 5. The Morgan fingerprint density at radius 2 is 2.00 bits per heavy atom. The van der Waals surface area contributed by atoms with Crippen molar-refractivity contribution in [1.29, 1.82) is 0 Å². The Hall–Kier alpha value is -2.81. The molecule has 4 heterocycles. The maximum atomic E-state index is 14.4. The summed E-state index contributed by atoms with van der Waals surface area (Å²) in [6.07, 6.45) is 13.3. The molecule has 5 rings (SSSR count). The minimum absolute atomic E-state index is 0.101. The SMILES string of the molecule is BC(B)(B)O[C@H]1CC[C@@H](Nc2ncc3c(-c4cc(F)c5nccn5c4)c[nH]c3n2)CC1. The number of halogens is 1. The van der Waals surface area contributed by atoms with E-state index in [1.165, 1.54) is 6.07 Å². The Labute approximate surface area is 182 Å². The highest BCUT2D eigenvalue weighted by Crippen LogP contribution is 2.30. The van der Waals surface area contributed by atoms with Crippen LogP contribution in [0.3, 0.4) is 0 Å². The van der Waals surface area contributed by atoms with Gasteiger partial charge < -0.3 is 19.4 Å². The van der Waals surface area contributed by atoms with Crippen LogP contribution in [-0.2, 0) is 4.74 Å². The van der Waals surface area contributed by atoms with E-state index in [1.807, 2.05) is 12.4 Å². The molecule has 1 fully saturated rings. The minimum atomic E-state index is -0.359. The molecule has 0 amide bonds. The van der Waals surface area contributed by atoms with Gasteiger partial charge in [-0.3, -0.25) is 0 Å². The smallest absolute Gasteiger partial charge is 0.224 e. The molecular weight excluding hydrogens is 392 g/mol. The zero-order chi connectivity index (χ0) is 21.6. The molecule has 0 aliphatic heterocycles. The number of nitrogens with one attached hydrogen (secondary N) is 2. The van der Waals surface area contributed by atoms with Crippen LogP contribution in [0.25, 0.3) is 27.8 Å². The molecule has 0 aromatic carbocycles. The second kappa shape index (κ2) is 7.71. The zero-order valence-electron chi connectivity index (χ0n) is 18.0. The monoisotopic (exact) mass is 416 g/mol. The van der Waals surface area contributed by atoms with Crippen molar-refractivity contribution in [3.8, 4) is 11.1 Å². The lowest BCUT2D eigenvalue weighted by molar-refractivity contribution is 0.0202. The molecule has 0 saturated heterocycles. The molecule has 4 aromatic heterocycles. The molecule has 4 aromatic rings. The van der Waals surface area contributed by atoms with E-state index in [0.29, 0.717) is 23.7 Å². The summed E-state index contributed by atoms with van der Waals surface area (Å²) < 4.78 is 22.2. The fourth-order valence-corrected chi connectivity index (χ4v) is 4.36. The lowest BCUT2D eigenvalue weighted by Gasteiger charge is -2.34. The molecule has 0 spiro atoms. The zero-order valence-corrected chi connectivity index (χ0v) is 18.0. The van der Waals surface area contributed by atoms with Crippen molar-refractivity contribution in [2.45, 2.75) is 43.1 Å². The summed E-state index contributed by atoms with van der Waals surface area (Å²) in [5.41, 5.74) is 2.64. The number of ether oxygens (including phenoxy) is 1. The predicted molar refractivity (Wildman–Crippen MR) is 127 cm³/mol. The molecular formula is C20H24B3FN6O. The van der Waals surface area contributed by atoms with Crippen LogP contribution in [0.4, 0.5) is 10.3 Å². The van der Waals surface area contributed by atoms with Crippen LogP contribution in [0.2, 0.25) is 0 Å². The van der Waals surface area contributed by atoms with Gasteiger partial charge in [0, 0.05) is 53.5 Å². The first-order valence-electron chi connectivity index (χ1n) is 10.8. The maximum absolute atomic E-state index is 14.4. The van der Waals surface area contributed by atoms with Gasteiger partial charge in [-0.15, -0.1) is 0 Å². The van der Waals surface area contributed by atoms with Crippen molar-refractivity contribution in [2.75, 3.05) is 5.32 Å². The summed E-state index contributed by atoms with van der Waals surface area (Å²) >= 11 is 0. The molecule has 0 bridgehead atoms. The number of aromatic amines is 1. The second-order valence-electron chi connectivity index (χ2n) is 9.24. The standard InChI is InChI=1S/C20H24B3FN6O/c21-20(22,23)31-13-3-1-12(2-4-13)28-19-27-9-15-14(8-26-17(15)29-19)11-7-16(24)18-25-5-6-30(18)10-11/h5-10,12-13H,1-4,21-23H2,(H2,26,27,28,29)/t12-,13+. The van der Waals surface area contributed by atoms with Crippen molar-refractivity contribution in [3.05, 3.63) is 42.9 Å². The first-order valence-corrected chi connectivity index (χ1v) is 10.8.